The second kappa shape index (κ2) is 5.41. The van der Waals surface area contributed by atoms with Crippen molar-refractivity contribution in [3.63, 3.8) is 0 Å². The van der Waals surface area contributed by atoms with Crippen LogP contribution in [0.5, 0.6) is 5.75 Å². The molecule has 0 aliphatic carbocycles. The first kappa shape index (κ1) is 11.5. The van der Waals surface area contributed by atoms with Gasteiger partial charge >= 0.3 is 0 Å². The van der Waals surface area contributed by atoms with E-state index in [1.54, 1.807) is 6.20 Å². The molecular formula is C13H12FNO2. The number of hydrogen-bond acceptors (Lipinski definition) is 3. The van der Waals surface area contributed by atoms with Crippen LogP contribution in [-0.2, 0) is 13.2 Å². The summed E-state index contributed by atoms with van der Waals surface area (Å²) in [5.41, 5.74) is 1.21. The van der Waals surface area contributed by atoms with Crippen molar-refractivity contribution in [2.24, 2.45) is 0 Å². The Labute approximate surface area is 98.5 Å². The van der Waals surface area contributed by atoms with Gasteiger partial charge in [0, 0.05) is 11.8 Å². The third-order valence-corrected chi connectivity index (χ3v) is 2.29. The van der Waals surface area contributed by atoms with E-state index in [0.29, 0.717) is 17.9 Å². The maximum absolute atomic E-state index is 12.9. The molecule has 2 rings (SSSR count). The zero-order valence-electron chi connectivity index (χ0n) is 9.14. The number of ether oxygens (including phenoxy) is 1. The molecule has 3 nitrogen and oxygen atoms in total. The molecule has 88 valence electrons. The Kier molecular flexibility index (Phi) is 3.67. The van der Waals surface area contributed by atoms with Gasteiger partial charge in [-0.3, -0.25) is 4.98 Å². The summed E-state index contributed by atoms with van der Waals surface area (Å²) in [6, 6.07) is 9.58. The quantitative estimate of drug-likeness (QED) is 0.881. The SMILES string of the molecule is OCc1cc(F)ccc1OCc1ccccn1. The molecule has 1 aromatic heterocycles. The minimum atomic E-state index is -0.390. The molecule has 0 spiro atoms. The van der Waals surface area contributed by atoms with Crippen molar-refractivity contribution in [2.75, 3.05) is 0 Å². The van der Waals surface area contributed by atoms with Gasteiger partial charge < -0.3 is 9.84 Å². The Bertz CT molecular complexity index is 488. The highest BCUT2D eigenvalue weighted by Gasteiger charge is 2.05. The summed E-state index contributed by atoms with van der Waals surface area (Å²) in [6.07, 6.45) is 1.68. The van der Waals surface area contributed by atoms with Gasteiger partial charge in [-0.05, 0) is 30.3 Å². The minimum absolute atomic E-state index is 0.255. The second-order valence-corrected chi connectivity index (χ2v) is 3.52. The number of aromatic nitrogens is 1. The number of rotatable bonds is 4. The van der Waals surface area contributed by atoms with Crippen LogP contribution in [0.25, 0.3) is 0 Å². The highest BCUT2D eigenvalue weighted by molar-refractivity contribution is 5.33. The topological polar surface area (TPSA) is 42.4 Å². The van der Waals surface area contributed by atoms with Gasteiger partial charge in [0.15, 0.2) is 0 Å². The molecule has 1 N–H and O–H groups in total. The lowest BCUT2D eigenvalue weighted by molar-refractivity contribution is 0.256. The van der Waals surface area contributed by atoms with Crippen molar-refractivity contribution in [1.82, 2.24) is 4.98 Å². The van der Waals surface area contributed by atoms with Crippen LogP contribution in [0.2, 0.25) is 0 Å². The van der Waals surface area contributed by atoms with Crippen molar-refractivity contribution in [2.45, 2.75) is 13.2 Å². The zero-order chi connectivity index (χ0) is 12.1. The number of halogens is 1. The summed E-state index contributed by atoms with van der Waals surface area (Å²) in [4.78, 5) is 4.11. The predicted molar refractivity (Wildman–Crippen MR) is 60.9 cm³/mol. The fourth-order valence-corrected chi connectivity index (χ4v) is 1.45. The molecule has 0 atom stereocenters. The Morgan fingerprint density at radius 3 is 2.82 bits per heavy atom. The van der Waals surface area contributed by atoms with E-state index in [0.717, 1.165) is 5.69 Å². The largest absolute Gasteiger partial charge is 0.487 e. The Morgan fingerprint density at radius 2 is 2.12 bits per heavy atom. The van der Waals surface area contributed by atoms with Gasteiger partial charge in [-0.15, -0.1) is 0 Å². The number of hydrogen-bond donors (Lipinski definition) is 1. The molecule has 0 aliphatic heterocycles. The molecule has 1 aromatic carbocycles. The van der Waals surface area contributed by atoms with Crippen LogP contribution in [0.4, 0.5) is 4.39 Å². The van der Waals surface area contributed by atoms with Gasteiger partial charge in [0.25, 0.3) is 0 Å². The van der Waals surface area contributed by atoms with Crippen molar-refractivity contribution in [3.05, 3.63) is 59.7 Å². The zero-order valence-corrected chi connectivity index (χ0v) is 9.14. The van der Waals surface area contributed by atoms with Gasteiger partial charge in [0.1, 0.15) is 18.2 Å². The second-order valence-electron chi connectivity index (χ2n) is 3.52. The summed E-state index contributed by atoms with van der Waals surface area (Å²) in [5.74, 6) is 0.0822. The number of pyridine rings is 1. The van der Waals surface area contributed by atoms with Crippen LogP contribution in [0, 0.1) is 5.82 Å². The standard InChI is InChI=1S/C13H12FNO2/c14-11-4-5-13(10(7-11)8-16)17-9-12-3-1-2-6-15-12/h1-7,16H,8-9H2. The highest BCUT2D eigenvalue weighted by Crippen LogP contribution is 2.20. The maximum Gasteiger partial charge on any atom is 0.130 e. The molecule has 17 heavy (non-hydrogen) atoms. The molecule has 2 aromatic rings. The van der Waals surface area contributed by atoms with Gasteiger partial charge in [0.2, 0.25) is 0 Å². The first-order chi connectivity index (χ1) is 8.29. The van der Waals surface area contributed by atoms with E-state index in [9.17, 15) is 4.39 Å². The lowest BCUT2D eigenvalue weighted by atomic mass is 10.2. The summed E-state index contributed by atoms with van der Waals surface area (Å²) < 4.78 is 18.4. The molecule has 1 heterocycles. The average molecular weight is 233 g/mol. The lowest BCUT2D eigenvalue weighted by Gasteiger charge is -2.09. The summed E-state index contributed by atoms with van der Waals surface area (Å²) in [5, 5.41) is 9.08. The number of aliphatic hydroxyl groups is 1. The molecular weight excluding hydrogens is 221 g/mol. The molecule has 0 saturated carbocycles. The maximum atomic E-state index is 12.9. The minimum Gasteiger partial charge on any atom is -0.487 e. The van der Waals surface area contributed by atoms with Crippen molar-refractivity contribution >= 4 is 0 Å². The fourth-order valence-electron chi connectivity index (χ4n) is 1.45. The number of aliphatic hydroxyl groups excluding tert-OH is 1. The van der Waals surface area contributed by atoms with E-state index >= 15 is 0 Å². The molecule has 0 radical (unpaired) electrons. The van der Waals surface area contributed by atoms with E-state index in [-0.39, 0.29) is 12.4 Å². The van der Waals surface area contributed by atoms with Crippen LogP contribution in [-0.4, -0.2) is 10.1 Å². The van der Waals surface area contributed by atoms with Gasteiger partial charge in [-0.25, -0.2) is 4.39 Å². The van der Waals surface area contributed by atoms with E-state index in [1.165, 1.54) is 18.2 Å². The van der Waals surface area contributed by atoms with Crippen LogP contribution in [0.3, 0.4) is 0 Å². The van der Waals surface area contributed by atoms with Crippen LogP contribution < -0.4 is 4.74 Å². The molecule has 0 unspecified atom stereocenters. The van der Waals surface area contributed by atoms with E-state index in [4.69, 9.17) is 9.84 Å². The van der Waals surface area contributed by atoms with E-state index < -0.39 is 0 Å². The smallest absolute Gasteiger partial charge is 0.130 e. The number of benzene rings is 1. The predicted octanol–water partition coefficient (Wildman–Crippen LogP) is 2.29. The van der Waals surface area contributed by atoms with E-state index in [2.05, 4.69) is 4.98 Å². The first-order valence-corrected chi connectivity index (χ1v) is 5.21. The monoisotopic (exact) mass is 233 g/mol. The summed E-state index contributed by atoms with van der Waals surface area (Å²) in [6.45, 7) is 0.0365. The van der Waals surface area contributed by atoms with Crippen LogP contribution in [0.15, 0.2) is 42.6 Å². The number of nitrogens with zero attached hydrogens (tertiary/aromatic N) is 1. The molecule has 0 amide bonds. The average Bonchev–Trinajstić information content (AvgIpc) is 2.38. The Morgan fingerprint density at radius 1 is 1.24 bits per heavy atom. The third kappa shape index (κ3) is 3.01. The summed E-state index contributed by atoms with van der Waals surface area (Å²) >= 11 is 0. The Balaban J connectivity index is 2.09. The molecule has 4 heteroatoms. The molecule has 0 aliphatic rings. The molecule has 0 bridgehead atoms. The van der Waals surface area contributed by atoms with Gasteiger partial charge in [0.05, 0.1) is 12.3 Å². The van der Waals surface area contributed by atoms with Crippen molar-refractivity contribution < 1.29 is 14.2 Å². The Hall–Kier alpha value is -1.94. The molecule has 0 fully saturated rings. The van der Waals surface area contributed by atoms with Gasteiger partial charge in [-0.1, -0.05) is 6.07 Å². The lowest BCUT2D eigenvalue weighted by Crippen LogP contribution is -2.00. The summed E-state index contributed by atoms with van der Waals surface area (Å²) in [7, 11) is 0. The van der Waals surface area contributed by atoms with Crippen molar-refractivity contribution in [3.8, 4) is 5.75 Å². The van der Waals surface area contributed by atoms with E-state index in [1.807, 2.05) is 18.2 Å². The van der Waals surface area contributed by atoms with Gasteiger partial charge in [-0.2, -0.15) is 0 Å². The third-order valence-electron chi connectivity index (χ3n) is 2.29. The van der Waals surface area contributed by atoms with Crippen molar-refractivity contribution in [1.29, 1.82) is 0 Å². The first-order valence-electron chi connectivity index (χ1n) is 5.21. The molecule has 0 saturated heterocycles. The fraction of sp³-hybridized carbons (Fsp3) is 0.154. The van der Waals surface area contributed by atoms with Crippen LogP contribution in [0.1, 0.15) is 11.3 Å². The normalized spacial score (nSPS) is 10.2. The highest BCUT2D eigenvalue weighted by atomic mass is 19.1. The van der Waals surface area contributed by atoms with Crippen LogP contribution >= 0.6 is 0 Å².